The first kappa shape index (κ1) is 26.5. The number of hydrogen-bond acceptors (Lipinski definition) is 13. The van der Waals surface area contributed by atoms with Crippen molar-refractivity contribution in [3.05, 3.63) is 40.7 Å². The van der Waals surface area contributed by atoms with Crippen LogP contribution < -0.4 is 26.0 Å². The summed E-state index contributed by atoms with van der Waals surface area (Å²) in [5, 5.41) is 21.8. The molecule has 0 bridgehead atoms. The van der Waals surface area contributed by atoms with Gasteiger partial charge in [0.25, 0.3) is 24.5 Å². The lowest BCUT2D eigenvalue weighted by Crippen LogP contribution is -2.71. The number of nitrogen functional groups attached to an aromatic ring is 1. The fourth-order valence-corrected chi connectivity index (χ4v) is 6.77. The van der Waals surface area contributed by atoms with Crippen LogP contribution in [0.5, 0.6) is 0 Å². The summed E-state index contributed by atoms with van der Waals surface area (Å²) in [6.45, 7) is -0.995. The number of anilines is 1. The average Bonchev–Trinajstić information content (AvgIpc) is 3.63. The molecule has 15 nitrogen and oxygen atoms in total. The summed E-state index contributed by atoms with van der Waals surface area (Å²) in [4.78, 5) is 59.1. The molecule has 5 heterocycles. The Morgan fingerprint density at radius 3 is 2.95 bits per heavy atom. The minimum Gasteiger partial charge on any atom is -0.543 e. The number of amides is 3. The summed E-state index contributed by atoms with van der Waals surface area (Å²) in [5.41, 5.74) is 5.19. The number of thiazole rings is 1. The third-order valence-corrected chi connectivity index (χ3v) is 8.50. The largest absolute Gasteiger partial charge is 0.543 e. The normalized spacial score (nSPS) is 19.1. The van der Waals surface area contributed by atoms with Crippen molar-refractivity contribution in [2.24, 2.45) is 5.16 Å². The summed E-state index contributed by atoms with van der Waals surface area (Å²) in [6, 6.07) is -1.11. The number of halogens is 1. The van der Waals surface area contributed by atoms with Gasteiger partial charge in [-0.3, -0.25) is 19.3 Å². The lowest BCUT2D eigenvalue weighted by atomic mass is 10.0. The van der Waals surface area contributed by atoms with Crippen LogP contribution in [-0.2, 0) is 37.1 Å². The first-order chi connectivity index (χ1) is 18.8. The molecule has 1 saturated heterocycles. The number of oxime groups is 1. The van der Waals surface area contributed by atoms with E-state index in [0.29, 0.717) is 17.8 Å². The first-order valence-corrected chi connectivity index (χ1v) is 13.7. The maximum absolute atomic E-state index is 13.1. The molecule has 39 heavy (non-hydrogen) atoms. The molecule has 3 aromatic rings. The number of fused-ring (bicyclic) bond motifs is 2. The zero-order chi connectivity index (χ0) is 27.7. The van der Waals surface area contributed by atoms with Crippen LogP contribution in [0, 0.1) is 0 Å². The number of aliphatic carboxylic acids is 1. The molecule has 2 aliphatic heterocycles. The molecule has 19 heteroatoms. The highest BCUT2D eigenvalue weighted by molar-refractivity contribution is 8.00. The molecule has 3 aromatic heterocycles. The second-order valence-corrected chi connectivity index (χ2v) is 10.8. The van der Waals surface area contributed by atoms with Crippen LogP contribution in [-0.4, -0.2) is 72.6 Å². The molecule has 0 aromatic carbocycles. The van der Waals surface area contributed by atoms with E-state index in [9.17, 15) is 28.7 Å². The SMILES string of the molecule is Nc1nc(/C(=N/OCF)C(=O)N[C@@H]2C(=O)N3C(C(=O)[O-])=C(C[n+]4cc5sccn5c4CNC=O)CS[C@H]23)ns1. The molecule has 2 aliphatic rings. The summed E-state index contributed by atoms with van der Waals surface area (Å²) < 4.78 is 20.0. The number of thioether (sulfide) groups is 1. The lowest BCUT2D eigenvalue weighted by molar-refractivity contribution is -0.695. The van der Waals surface area contributed by atoms with Crippen molar-refractivity contribution in [1.82, 2.24) is 29.3 Å². The van der Waals surface area contributed by atoms with Crippen molar-refractivity contribution in [3.63, 3.8) is 0 Å². The highest BCUT2D eigenvalue weighted by Crippen LogP contribution is 2.40. The number of carbonyl (C=O) groups excluding carboxylic acids is 4. The van der Waals surface area contributed by atoms with Gasteiger partial charge in [0.1, 0.15) is 36.9 Å². The molecule has 5 rings (SSSR count). The number of nitrogens with two attached hydrogens (primary N) is 1. The van der Waals surface area contributed by atoms with Crippen molar-refractivity contribution in [3.8, 4) is 0 Å². The number of aromatic nitrogens is 4. The Morgan fingerprint density at radius 2 is 2.26 bits per heavy atom. The minimum atomic E-state index is -1.54. The van der Waals surface area contributed by atoms with Crippen LogP contribution in [0.4, 0.5) is 9.52 Å². The fourth-order valence-electron chi connectivity index (χ4n) is 4.21. The first-order valence-electron chi connectivity index (χ1n) is 11.0. The third-order valence-electron chi connectivity index (χ3n) is 5.82. The van der Waals surface area contributed by atoms with E-state index in [4.69, 9.17) is 5.73 Å². The van der Waals surface area contributed by atoms with Gasteiger partial charge in [-0.05, 0) is 0 Å². The van der Waals surface area contributed by atoms with Gasteiger partial charge in [-0.25, -0.2) is 8.96 Å². The molecular weight excluding hydrogens is 577 g/mol. The Bertz CT molecular complexity index is 1530. The number of alkyl halides is 1. The van der Waals surface area contributed by atoms with Gasteiger partial charge in [0.05, 0.1) is 11.7 Å². The number of nitrogens with one attached hydrogen (secondary N) is 2. The van der Waals surface area contributed by atoms with Gasteiger partial charge in [0.15, 0.2) is 5.13 Å². The Kier molecular flexibility index (Phi) is 7.44. The monoisotopic (exact) mass is 595 g/mol. The van der Waals surface area contributed by atoms with Crippen LogP contribution in [0.15, 0.2) is 34.2 Å². The highest BCUT2D eigenvalue weighted by atomic mass is 32.2. The number of rotatable bonds is 11. The molecule has 0 spiro atoms. The Hall–Kier alpha value is -4.10. The van der Waals surface area contributed by atoms with E-state index in [1.807, 2.05) is 22.2 Å². The molecule has 1 fully saturated rings. The number of nitrogens with zero attached hydrogens (tertiary/aromatic N) is 6. The average molecular weight is 596 g/mol. The summed E-state index contributed by atoms with van der Waals surface area (Å²) >= 11 is 3.49. The molecule has 2 atom stereocenters. The van der Waals surface area contributed by atoms with Gasteiger partial charge in [-0.2, -0.15) is 13.8 Å². The molecule has 204 valence electrons. The topological polar surface area (TPSA) is 200 Å². The van der Waals surface area contributed by atoms with Gasteiger partial charge in [-0.1, -0.05) is 16.5 Å². The number of imidazole rings is 1. The van der Waals surface area contributed by atoms with Gasteiger partial charge in [-0.15, -0.1) is 11.8 Å². The second kappa shape index (κ2) is 10.9. The minimum absolute atomic E-state index is 0.0294. The highest BCUT2D eigenvalue weighted by Gasteiger charge is 2.53. The van der Waals surface area contributed by atoms with Crippen molar-refractivity contribution in [2.75, 3.05) is 18.3 Å². The zero-order valence-corrected chi connectivity index (χ0v) is 22.1. The number of hydrogen-bond donors (Lipinski definition) is 3. The van der Waals surface area contributed by atoms with Crippen LogP contribution in [0.1, 0.15) is 11.6 Å². The van der Waals surface area contributed by atoms with E-state index in [1.54, 1.807) is 4.57 Å². The van der Waals surface area contributed by atoms with E-state index in [1.165, 1.54) is 23.1 Å². The van der Waals surface area contributed by atoms with E-state index < -0.39 is 41.8 Å². The van der Waals surface area contributed by atoms with Gasteiger partial charge >= 0.3 is 0 Å². The van der Waals surface area contributed by atoms with Crippen LogP contribution in [0.25, 0.3) is 4.83 Å². The summed E-state index contributed by atoms with van der Waals surface area (Å²) in [7, 11) is 0. The van der Waals surface area contributed by atoms with E-state index >= 15 is 0 Å². The molecule has 0 radical (unpaired) electrons. The standard InChI is InChI=1S/C20H18FN9O6S3/c21-7-36-26-12(15-25-20(22)39-27-15)16(32)24-13-17(33)30-14(19(34)35)9(6-38-18(13)30)4-28-5-11-29(1-2-37-11)10(28)3-23-8-31/h1-2,5,8,13,18H,3-4,6-7H2,(H4-,22,23,24,25,27,31,32,34,35)/b26-12-/t13-,18-/m1/s1. The predicted molar refractivity (Wildman–Crippen MR) is 133 cm³/mol. The maximum Gasteiger partial charge on any atom is 0.282 e. The second-order valence-electron chi connectivity index (χ2n) is 8.02. The van der Waals surface area contributed by atoms with Crippen LogP contribution in [0.3, 0.4) is 0 Å². The third kappa shape index (κ3) is 4.90. The molecular formula is C20H18FN9O6S3. The van der Waals surface area contributed by atoms with E-state index in [2.05, 4.69) is 30.0 Å². The Balaban J connectivity index is 1.37. The molecule has 3 amide bonds. The number of carboxylic acid groups (broad SMARTS) is 1. The van der Waals surface area contributed by atoms with Crippen LogP contribution in [0.2, 0.25) is 0 Å². The smallest absolute Gasteiger partial charge is 0.282 e. The molecule has 0 unspecified atom stereocenters. The van der Waals surface area contributed by atoms with Gasteiger partial charge < -0.3 is 31.1 Å². The van der Waals surface area contributed by atoms with E-state index in [0.717, 1.165) is 21.3 Å². The number of carbonyl (C=O) groups is 4. The summed E-state index contributed by atoms with van der Waals surface area (Å²) in [6.07, 6.45) is 4.22. The Morgan fingerprint density at radius 1 is 1.44 bits per heavy atom. The van der Waals surface area contributed by atoms with Crippen LogP contribution >= 0.6 is 34.6 Å². The van der Waals surface area contributed by atoms with Crippen molar-refractivity contribution in [1.29, 1.82) is 0 Å². The lowest BCUT2D eigenvalue weighted by Gasteiger charge is -2.50. The quantitative estimate of drug-likeness (QED) is 0.0713. The molecule has 0 saturated carbocycles. The summed E-state index contributed by atoms with van der Waals surface area (Å²) in [5.74, 6) is -2.44. The number of β-lactam (4-membered cyclic amide) rings is 1. The van der Waals surface area contributed by atoms with E-state index in [-0.39, 0.29) is 35.5 Å². The predicted octanol–water partition coefficient (Wildman–Crippen LogP) is -2.28. The Labute approximate surface area is 230 Å². The molecule has 4 N–H and O–H groups in total. The number of carboxylic acids is 1. The van der Waals surface area contributed by atoms with Gasteiger partial charge in [0.2, 0.25) is 22.8 Å². The van der Waals surface area contributed by atoms with Gasteiger partial charge in [0, 0.05) is 28.2 Å². The maximum atomic E-state index is 13.1. The van der Waals surface area contributed by atoms with Crippen molar-refractivity contribution in [2.45, 2.75) is 24.5 Å². The zero-order valence-electron chi connectivity index (χ0n) is 19.6. The molecule has 0 aliphatic carbocycles. The van der Waals surface area contributed by atoms with Crippen molar-refractivity contribution < 1.29 is 38.1 Å². The fraction of sp³-hybridized carbons (Fsp3) is 0.300. The van der Waals surface area contributed by atoms with Crippen molar-refractivity contribution >= 4 is 74.5 Å².